The van der Waals surface area contributed by atoms with Gasteiger partial charge in [-0.2, -0.15) is 5.01 Å². The second kappa shape index (κ2) is 13.8. The molecule has 0 radical (unpaired) electrons. The van der Waals surface area contributed by atoms with Gasteiger partial charge in [-0.3, -0.25) is 29.5 Å². The number of fused-ring (bicyclic) bond motifs is 4. The number of phenolic OH excluding ortho intramolecular Hbond substituents is 1. The maximum absolute atomic E-state index is 15.2. The average Bonchev–Trinajstić information content (AvgIpc) is 3.56. The van der Waals surface area contributed by atoms with Crippen LogP contribution in [0.15, 0.2) is 109 Å². The number of amides is 4. The first-order valence-corrected chi connectivity index (χ1v) is 18.1. The number of phenols is 1. The number of nitrogens with one attached hydrogen (secondary N) is 1. The van der Waals surface area contributed by atoms with Gasteiger partial charge in [-0.05, 0) is 96.0 Å². The molecule has 4 aromatic carbocycles. The molecule has 6 atom stereocenters. The lowest BCUT2D eigenvalue weighted by atomic mass is 9.50. The minimum atomic E-state index is -1.82. The number of anilines is 2. The fourth-order valence-electron chi connectivity index (χ4n) is 8.99. The summed E-state index contributed by atoms with van der Waals surface area (Å²) in [6.45, 7) is 0. The Morgan fingerprint density at radius 2 is 1.67 bits per heavy atom. The number of benzene rings is 4. The lowest BCUT2D eigenvalue weighted by molar-refractivity contribution is -0.139. The van der Waals surface area contributed by atoms with Crippen LogP contribution in [0.25, 0.3) is 6.08 Å². The summed E-state index contributed by atoms with van der Waals surface area (Å²) in [6.07, 6.45) is 5.72. The van der Waals surface area contributed by atoms with E-state index >= 15 is 4.79 Å². The predicted molar refractivity (Wildman–Crippen MR) is 202 cm³/mol. The molecule has 11 nitrogen and oxygen atoms in total. The second-order valence-corrected chi connectivity index (χ2v) is 14.6. The van der Waals surface area contributed by atoms with Crippen molar-refractivity contribution in [3.05, 3.63) is 131 Å². The Morgan fingerprint density at radius 1 is 0.927 bits per heavy atom. The van der Waals surface area contributed by atoms with E-state index in [0.29, 0.717) is 27.4 Å². The Bertz CT molecular complexity index is 2300. The van der Waals surface area contributed by atoms with Crippen LogP contribution < -0.4 is 20.5 Å². The molecule has 8 rings (SSSR count). The molecule has 55 heavy (non-hydrogen) atoms. The molecule has 2 heterocycles. The lowest BCUT2D eigenvalue weighted by Gasteiger charge is -2.49. The number of hydrogen-bond donors (Lipinski definition) is 4. The van der Waals surface area contributed by atoms with Crippen molar-refractivity contribution in [1.82, 2.24) is 5.01 Å². The summed E-state index contributed by atoms with van der Waals surface area (Å²) in [5.41, 5.74) is 3.81. The van der Waals surface area contributed by atoms with Gasteiger partial charge in [0.25, 0.3) is 11.8 Å². The van der Waals surface area contributed by atoms with Gasteiger partial charge in [-0.1, -0.05) is 65.7 Å². The van der Waals surface area contributed by atoms with E-state index in [2.05, 4.69) is 5.43 Å². The number of allylic oxidation sites excluding steroid dienone is 3. The third-order valence-electron chi connectivity index (χ3n) is 11.4. The summed E-state index contributed by atoms with van der Waals surface area (Å²) in [5, 5.41) is 31.3. The Hall–Kier alpha value is -5.76. The lowest BCUT2D eigenvalue weighted by Crippen LogP contribution is -2.54. The van der Waals surface area contributed by atoms with Gasteiger partial charge >= 0.3 is 7.12 Å². The van der Waals surface area contributed by atoms with Gasteiger partial charge in [0.05, 0.1) is 41.7 Å². The van der Waals surface area contributed by atoms with E-state index in [9.17, 15) is 33.9 Å². The van der Waals surface area contributed by atoms with Crippen molar-refractivity contribution >= 4 is 65.3 Å². The van der Waals surface area contributed by atoms with E-state index in [-0.39, 0.29) is 35.5 Å². The molecule has 0 bridgehead atoms. The van der Waals surface area contributed by atoms with E-state index in [0.717, 1.165) is 9.91 Å². The van der Waals surface area contributed by atoms with Crippen LogP contribution in [0.3, 0.4) is 0 Å². The number of carbonyl (C=O) groups is 4. The quantitative estimate of drug-likeness (QED) is 0.115. The number of hydrogen-bond acceptors (Lipinski definition) is 9. The maximum atomic E-state index is 15.2. The van der Waals surface area contributed by atoms with Gasteiger partial charge in [0.1, 0.15) is 5.82 Å². The highest BCUT2D eigenvalue weighted by Crippen LogP contribution is 2.61. The zero-order valence-corrected chi connectivity index (χ0v) is 30.1. The summed E-state index contributed by atoms with van der Waals surface area (Å²) in [4.78, 5) is 59.6. The largest absolute Gasteiger partial charge is 0.504 e. The third-order valence-corrected chi connectivity index (χ3v) is 11.7. The molecule has 6 unspecified atom stereocenters. The monoisotopic (exact) mass is 761 g/mol. The zero-order valence-electron chi connectivity index (χ0n) is 29.3. The molecule has 0 spiro atoms. The average molecular weight is 762 g/mol. The predicted octanol–water partition coefficient (Wildman–Crippen LogP) is 4.61. The van der Waals surface area contributed by atoms with Crippen LogP contribution in [0.1, 0.15) is 24.0 Å². The van der Waals surface area contributed by atoms with Crippen LogP contribution in [-0.4, -0.2) is 58.0 Å². The Labute approximate surface area is 320 Å². The van der Waals surface area contributed by atoms with Crippen molar-refractivity contribution in [2.75, 3.05) is 17.4 Å². The van der Waals surface area contributed by atoms with Gasteiger partial charge in [-0.15, -0.1) is 0 Å². The van der Waals surface area contributed by atoms with Gasteiger partial charge in [0.2, 0.25) is 11.8 Å². The fraction of sp³-hybridized carbons (Fsp3) is 0.220. The zero-order chi connectivity index (χ0) is 38.8. The van der Waals surface area contributed by atoms with Crippen LogP contribution in [-0.2, 0) is 24.6 Å². The molecular formula is C41H34BClFN3O8. The number of rotatable bonds is 8. The first-order chi connectivity index (χ1) is 26.4. The van der Waals surface area contributed by atoms with E-state index < -0.39 is 71.6 Å². The topological polar surface area (TPSA) is 157 Å². The van der Waals surface area contributed by atoms with Crippen molar-refractivity contribution in [3.63, 3.8) is 0 Å². The normalized spacial score (nSPS) is 25.8. The molecule has 1 saturated carbocycles. The number of carbonyl (C=O) groups excluding carboxylic acids is 4. The van der Waals surface area contributed by atoms with Crippen LogP contribution in [0, 0.1) is 35.4 Å². The highest BCUT2D eigenvalue weighted by Gasteiger charge is 2.69. The SMILES string of the molecule is COc1cc(C=CC2C3=CCC4C(=O)N(c5cccc(B(O)O)c5)C(=O)C4C3CC3C(=O)N(Nc4ccc(F)cc4)C(=O)C23c2ccc(Cl)cc2)ccc1O. The number of halogens is 2. The molecular weight excluding hydrogens is 728 g/mol. The highest BCUT2D eigenvalue weighted by atomic mass is 35.5. The highest BCUT2D eigenvalue weighted by molar-refractivity contribution is 6.58. The molecule has 4 aliphatic rings. The van der Waals surface area contributed by atoms with E-state index in [4.69, 9.17) is 16.3 Å². The van der Waals surface area contributed by atoms with Crippen LogP contribution >= 0.6 is 11.6 Å². The van der Waals surface area contributed by atoms with Crippen molar-refractivity contribution in [2.45, 2.75) is 18.3 Å². The van der Waals surface area contributed by atoms with Crippen molar-refractivity contribution in [1.29, 1.82) is 0 Å². The second-order valence-electron chi connectivity index (χ2n) is 14.2. The summed E-state index contributed by atoms with van der Waals surface area (Å²) in [7, 11) is -0.393. The number of nitrogens with zero attached hydrogens (tertiary/aromatic N) is 2. The van der Waals surface area contributed by atoms with Crippen molar-refractivity contribution in [3.8, 4) is 11.5 Å². The molecule has 4 N–H and O–H groups in total. The van der Waals surface area contributed by atoms with Gasteiger partial charge < -0.3 is 19.9 Å². The molecule has 3 fully saturated rings. The summed E-state index contributed by atoms with van der Waals surface area (Å²) in [6, 6.07) is 22.7. The molecule has 14 heteroatoms. The fourth-order valence-corrected chi connectivity index (χ4v) is 9.11. The van der Waals surface area contributed by atoms with Crippen molar-refractivity contribution in [2.24, 2.45) is 29.6 Å². The molecule has 2 aliphatic carbocycles. The van der Waals surface area contributed by atoms with Crippen LogP contribution in [0.2, 0.25) is 5.02 Å². The van der Waals surface area contributed by atoms with E-state index in [1.807, 2.05) is 12.2 Å². The summed E-state index contributed by atoms with van der Waals surface area (Å²) in [5.74, 6) is -6.57. The molecule has 278 valence electrons. The first-order valence-electron chi connectivity index (χ1n) is 17.7. The first kappa shape index (κ1) is 36.2. The molecule has 4 aromatic rings. The molecule has 4 amide bonds. The van der Waals surface area contributed by atoms with E-state index in [1.165, 1.54) is 55.6 Å². The van der Waals surface area contributed by atoms with Gasteiger partial charge in [0.15, 0.2) is 11.5 Å². The number of hydrazine groups is 1. The minimum absolute atomic E-state index is 0.0431. The van der Waals surface area contributed by atoms with Crippen LogP contribution in [0.4, 0.5) is 15.8 Å². The minimum Gasteiger partial charge on any atom is -0.504 e. The number of imide groups is 2. The third kappa shape index (κ3) is 5.81. The standard InChI is InChI=1S/C41H34BClFN3O8/c1-55-35-19-22(6-18-34(35)48)5-17-32-29-15-16-30-36(39(51)46(37(30)49)28-4-2-3-24(20-28)42(53)54)31(29)21-33-38(50)47(45-27-13-11-26(44)12-14-27)40(52)41(32,33)23-7-9-25(43)10-8-23/h2-15,17-20,30-33,36,45,48,53-54H,16,21H2,1H3. The maximum Gasteiger partial charge on any atom is 0.488 e. The Kier molecular flexibility index (Phi) is 9.11. The number of ether oxygens (including phenoxy) is 1. The van der Waals surface area contributed by atoms with Crippen LogP contribution in [0.5, 0.6) is 11.5 Å². The molecule has 2 aliphatic heterocycles. The summed E-state index contributed by atoms with van der Waals surface area (Å²) < 4.78 is 19.2. The Morgan fingerprint density at radius 3 is 2.38 bits per heavy atom. The molecule has 0 aromatic heterocycles. The smallest absolute Gasteiger partial charge is 0.488 e. The van der Waals surface area contributed by atoms with Gasteiger partial charge in [0, 0.05) is 10.9 Å². The number of methoxy groups -OCH3 is 1. The number of aromatic hydroxyl groups is 1. The molecule has 2 saturated heterocycles. The summed E-state index contributed by atoms with van der Waals surface area (Å²) >= 11 is 6.35. The van der Waals surface area contributed by atoms with E-state index in [1.54, 1.807) is 48.5 Å². The van der Waals surface area contributed by atoms with Crippen molar-refractivity contribution < 1.29 is 43.5 Å². The Balaban J connectivity index is 1.29. The van der Waals surface area contributed by atoms with Gasteiger partial charge in [-0.25, -0.2) is 4.39 Å².